The number of fused-ring (bicyclic) bond motifs is 2. The minimum Gasteiger partial charge on any atom is -0.367 e. The second kappa shape index (κ2) is 7.92. The zero-order valence-corrected chi connectivity index (χ0v) is 18.4. The molecule has 1 aliphatic heterocycles. The number of aromatic nitrogens is 3. The molecule has 2 aliphatic carbocycles. The molecular formula is C25H32N6. The molecule has 162 valence electrons. The average Bonchev–Trinajstić information content (AvgIpc) is 3.56. The molecule has 31 heavy (non-hydrogen) atoms. The molecule has 3 aliphatic rings. The summed E-state index contributed by atoms with van der Waals surface area (Å²) >= 11 is 0. The monoisotopic (exact) mass is 416 g/mol. The molecule has 3 aromatic rings. The first-order valence-electron chi connectivity index (χ1n) is 11.9. The molecule has 0 amide bonds. The Morgan fingerprint density at radius 2 is 1.94 bits per heavy atom. The molecule has 2 aromatic heterocycles. The van der Waals surface area contributed by atoms with Crippen LogP contribution in [0.3, 0.4) is 0 Å². The molecule has 3 heterocycles. The number of aryl methyl sites for hydroxylation is 1. The van der Waals surface area contributed by atoms with Gasteiger partial charge in [-0.05, 0) is 62.9 Å². The fourth-order valence-corrected chi connectivity index (χ4v) is 5.43. The van der Waals surface area contributed by atoms with E-state index in [4.69, 9.17) is 9.97 Å². The van der Waals surface area contributed by atoms with E-state index in [2.05, 4.69) is 57.1 Å². The van der Waals surface area contributed by atoms with E-state index < -0.39 is 0 Å². The molecule has 0 bridgehead atoms. The number of nitrogens with zero attached hydrogens (tertiary/aromatic N) is 5. The molecule has 1 saturated carbocycles. The van der Waals surface area contributed by atoms with Gasteiger partial charge in [0.1, 0.15) is 11.3 Å². The number of para-hydroxylation sites is 1. The predicted octanol–water partition coefficient (Wildman–Crippen LogP) is 3.75. The van der Waals surface area contributed by atoms with Crippen molar-refractivity contribution < 1.29 is 0 Å². The number of H-pyrrole nitrogens is 1. The number of nitrogens with one attached hydrogen (secondary N) is 1. The lowest BCUT2D eigenvalue weighted by Crippen LogP contribution is -2.44. The van der Waals surface area contributed by atoms with E-state index in [0.717, 1.165) is 56.0 Å². The number of likely N-dealkylation sites (N-methyl/N-ethyl adjacent to an activating group) is 1. The third-order valence-corrected chi connectivity index (χ3v) is 7.30. The summed E-state index contributed by atoms with van der Waals surface area (Å²) in [6, 6.07) is 12.0. The van der Waals surface area contributed by atoms with Crippen LogP contribution < -0.4 is 4.90 Å². The fourth-order valence-electron chi connectivity index (χ4n) is 5.43. The van der Waals surface area contributed by atoms with Crippen molar-refractivity contribution >= 4 is 16.7 Å². The van der Waals surface area contributed by atoms with Gasteiger partial charge in [-0.3, -0.25) is 9.88 Å². The van der Waals surface area contributed by atoms with Gasteiger partial charge in [0.15, 0.2) is 0 Å². The first kappa shape index (κ1) is 19.3. The van der Waals surface area contributed by atoms with Crippen molar-refractivity contribution in [3.63, 3.8) is 0 Å². The van der Waals surface area contributed by atoms with E-state index in [1.165, 1.54) is 42.6 Å². The molecular weight excluding hydrogens is 384 g/mol. The van der Waals surface area contributed by atoms with Crippen LogP contribution in [0.2, 0.25) is 0 Å². The summed E-state index contributed by atoms with van der Waals surface area (Å²) in [7, 11) is 2.20. The normalized spacial score (nSPS) is 22.3. The molecule has 6 rings (SSSR count). The molecule has 6 heteroatoms. The van der Waals surface area contributed by atoms with Crippen molar-refractivity contribution in [1.29, 1.82) is 0 Å². The molecule has 2 fully saturated rings. The summed E-state index contributed by atoms with van der Waals surface area (Å²) in [5.74, 6) is 1.09. The number of rotatable bonds is 5. The summed E-state index contributed by atoms with van der Waals surface area (Å²) in [5.41, 5.74) is 6.29. The Kier molecular flexibility index (Phi) is 4.92. The minimum atomic E-state index is 0.419. The highest BCUT2D eigenvalue weighted by molar-refractivity contribution is 5.89. The summed E-state index contributed by atoms with van der Waals surface area (Å²) in [6.07, 6.45) is 8.17. The average molecular weight is 417 g/mol. The van der Waals surface area contributed by atoms with Crippen LogP contribution in [0.15, 0.2) is 36.5 Å². The third kappa shape index (κ3) is 3.72. The lowest BCUT2D eigenvalue weighted by Gasteiger charge is -2.34. The number of aromatic amines is 1. The van der Waals surface area contributed by atoms with E-state index in [-0.39, 0.29) is 0 Å². The Morgan fingerprint density at radius 1 is 1.06 bits per heavy atom. The van der Waals surface area contributed by atoms with Crippen LogP contribution in [0.5, 0.6) is 0 Å². The van der Waals surface area contributed by atoms with Crippen molar-refractivity contribution in [3.05, 3.63) is 53.6 Å². The smallest absolute Gasteiger partial charge is 0.121 e. The largest absolute Gasteiger partial charge is 0.367 e. The Bertz CT molecular complexity index is 1060. The fraction of sp³-hybridized carbons (Fsp3) is 0.520. The van der Waals surface area contributed by atoms with E-state index in [0.29, 0.717) is 12.1 Å². The van der Waals surface area contributed by atoms with Gasteiger partial charge in [-0.25, -0.2) is 4.98 Å². The van der Waals surface area contributed by atoms with Crippen LogP contribution >= 0.6 is 0 Å². The lowest BCUT2D eigenvalue weighted by atomic mass is 9.90. The highest BCUT2D eigenvalue weighted by atomic mass is 15.3. The van der Waals surface area contributed by atoms with E-state index in [9.17, 15) is 0 Å². The van der Waals surface area contributed by atoms with Gasteiger partial charge in [0.2, 0.25) is 0 Å². The third-order valence-electron chi connectivity index (χ3n) is 7.30. The maximum Gasteiger partial charge on any atom is 0.121 e. The maximum absolute atomic E-state index is 5.13. The molecule has 0 spiro atoms. The number of benzene rings is 1. The van der Waals surface area contributed by atoms with Gasteiger partial charge in [-0.2, -0.15) is 0 Å². The SMILES string of the molecule is CN1CCN(c2cccc3[nH]c(CN(C4CC4)C4CCCc5cccnc54)nc23)CC1. The molecule has 1 atom stereocenters. The highest BCUT2D eigenvalue weighted by Gasteiger charge is 2.37. The molecule has 1 aromatic carbocycles. The second-order valence-electron chi connectivity index (χ2n) is 9.51. The van der Waals surface area contributed by atoms with Gasteiger partial charge in [0.05, 0.1) is 29.5 Å². The zero-order chi connectivity index (χ0) is 20.8. The standard InChI is InChI=1S/C25H32N6/c1-29-13-15-30(16-14-29)21-8-3-7-20-25(21)28-23(27-20)17-31(19-10-11-19)22-9-2-5-18-6-4-12-26-24(18)22/h3-4,6-8,12,19,22H,2,5,9-11,13-17H2,1H3,(H,27,28). The number of imidazole rings is 1. The molecule has 1 unspecified atom stereocenters. The number of pyridine rings is 1. The number of piperazine rings is 1. The summed E-state index contributed by atoms with van der Waals surface area (Å²) in [4.78, 5) is 21.2. The van der Waals surface area contributed by atoms with Crippen molar-refractivity contribution in [2.75, 3.05) is 38.1 Å². The van der Waals surface area contributed by atoms with Crippen LogP contribution in [-0.4, -0.2) is 64.0 Å². The zero-order valence-electron chi connectivity index (χ0n) is 18.4. The summed E-state index contributed by atoms with van der Waals surface area (Å²) in [5, 5.41) is 0. The van der Waals surface area contributed by atoms with Crippen molar-refractivity contribution in [2.45, 2.75) is 50.7 Å². The minimum absolute atomic E-state index is 0.419. The maximum atomic E-state index is 5.13. The Balaban J connectivity index is 1.30. The topological polar surface area (TPSA) is 51.3 Å². The first-order valence-corrected chi connectivity index (χ1v) is 11.9. The Hall–Kier alpha value is -2.44. The number of hydrogen-bond acceptors (Lipinski definition) is 5. The number of hydrogen-bond donors (Lipinski definition) is 1. The lowest BCUT2D eigenvalue weighted by molar-refractivity contribution is 0.152. The van der Waals surface area contributed by atoms with Gasteiger partial charge in [-0.15, -0.1) is 0 Å². The van der Waals surface area contributed by atoms with Gasteiger partial charge in [0, 0.05) is 38.4 Å². The van der Waals surface area contributed by atoms with Gasteiger partial charge in [0.25, 0.3) is 0 Å². The van der Waals surface area contributed by atoms with Crippen LogP contribution in [0.25, 0.3) is 11.0 Å². The van der Waals surface area contributed by atoms with Crippen LogP contribution in [0.4, 0.5) is 5.69 Å². The molecule has 0 radical (unpaired) electrons. The van der Waals surface area contributed by atoms with E-state index in [1.54, 1.807) is 0 Å². The number of anilines is 1. The highest BCUT2D eigenvalue weighted by Crippen LogP contribution is 2.41. The first-order chi connectivity index (χ1) is 15.3. The quantitative estimate of drug-likeness (QED) is 0.687. The summed E-state index contributed by atoms with van der Waals surface area (Å²) < 4.78 is 0. The molecule has 1 N–H and O–H groups in total. The van der Waals surface area contributed by atoms with Crippen LogP contribution in [-0.2, 0) is 13.0 Å². The predicted molar refractivity (Wildman–Crippen MR) is 124 cm³/mol. The Morgan fingerprint density at radius 3 is 2.77 bits per heavy atom. The van der Waals surface area contributed by atoms with Gasteiger partial charge in [-0.1, -0.05) is 12.1 Å². The van der Waals surface area contributed by atoms with Crippen LogP contribution in [0.1, 0.15) is 48.8 Å². The van der Waals surface area contributed by atoms with Gasteiger partial charge >= 0.3 is 0 Å². The molecule has 6 nitrogen and oxygen atoms in total. The summed E-state index contributed by atoms with van der Waals surface area (Å²) in [6.45, 7) is 5.23. The van der Waals surface area contributed by atoms with E-state index >= 15 is 0 Å². The molecule has 1 saturated heterocycles. The second-order valence-corrected chi connectivity index (χ2v) is 9.51. The van der Waals surface area contributed by atoms with Gasteiger partial charge < -0.3 is 14.8 Å². The van der Waals surface area contributed by atoms with Crippen molar-refractivity contribution in [3.8, 4) is 0 Å². The van der Waals surface area contributed by atoms with Crippen molar-refractivity contribution in [1.82, 2.24) is 24.8 Å². The van der Waals surface area contributed by atoms with Crippen molar-refractivity contribution in [2.24, 2.45) is 0 Å². The van der Waals surface area contributed by atoms with Crippen LogP contribution in [0, 0.1) is 0 Å². The Labute approximate surface area is 184 Å². The van der Waals surface area contributed by atoms with E-state index in [1.807, 2.05) is 6.20 Å².